The molecule has 2 rings (SSSR count). The van der Waals surface area contributed by atoms with Crippen LogP contribution in [-0.2, 0) is 0 Å². The number of aromatic nitrogens is 2. The Morgan fingerprint density at radius 3 is 2.92 bits per heavy atom. The summed E-state index contributed by atoms with van der Waals surface area (Å²) in [5, 5.41) is 4.70. The highest BCUT2D eigenvalue weighted by molar-refractivity contribution is 6.32. The van der Waals surface area contributed by atoms with Crippen LogP contribution in [0.5, 0.6) is 0 Å². The van der Waals surface area contributed by atoms with Gasteiger partial charge < -0.3 is 5.73 Å². The highest BCUT2D eigenvalue weighted by atomic mass is 35.5. The second kappa shape index (κ2) is 3.11. The fraction of sp³-hybridized carbons (Fsp3) is 0. The lowest BCUT2D eigenvalue weighted by Crippen LogP contribution is -1.96. The molecule has 66 valence electrons. The summed E-state index contributed by atoms with van der Waals surface area (Å²) in [4.78, 5) is 0. The van der Waals surface area contributed by atoms with Crippen LogP contribution >= 0.6 is 11.6 Å². The Hall–Kier alpha value is -1.48. The van der Waals surface area contributed by atoms with Crippen LogP contribution in [-0.4, -0.2) is 9.78 Å². The molecular formula is C9H8ClN3. The van der Waals surface area contributed by atoms with Crippen molar-refractivity contribution in [3.8, 4) is 5.69 Å². The van der Waals surface area contributed by atoms with Gasteiger partial charge in [0.15, 0.2) is 0 Å². The van der Waals surface area contributed by atoms with E-state index in [2.05, 4.69) is 5.10 Å². The molecular weight excluding hydrogens is 186 g/mol. The first-order valence-corrected chi connectivity index (χ1v) is 4.20. The zero-order chi connectivity index (χ0) is 9.26. The van der Waals surface area contributed by atoms with Crippen molar-refractivity contribution in [1.82, 2.24) is 9.78 Å². The van der Waals surface area contributed by atoms with Crippen LogP contribution in [0.1, 0.15) is 0 Å². The normalized spacial score (nSPS) is 10.2. The molecule has 0 saturated heterocycles. The average molecular weight is 194 g/mol. The maximum atomic E-state index is 5.97. The fourth-order valence-corrected chi connectivity index (χ4v) is 1.32. The molecule has 3 nitrogen and oxygen atoms in total. The van der Waals surface area contributed by atoms with E-state index in [-0.39, 0.29) is 0 Å². The van der Waals surface area contributed by atoms with Gasteiger partial charge >= 0.3 is 0 Å². The minimum atomic E-state index is 0.637. The van der Waals surface area contributed by atoms with Crippen molar-refractivity contribution >= 4 is 17.3 Å². The summed E-state index contributed by atoms with van der Waals surface area (Å²) in [6.45, 7) is 0. The Kier molecular flexibility index (Phi) is 1.94. The van der Waals surface area contributed by atoms with Crippen LogP contribution in [0.15, 0.2) is 36.7 Å². The van der Waals surface area contributed by atoms with Crippen molar-refractivity contribution in [3.05, 3.63) is 41.7 Å². The van der Waals surface area contributed by atoms with Gasteiger partial charge in [0.05, 0.1) is 10.7 Å². The Morgan fingerprint density at radius 1 is 1.38 bits per heavy atom. The quantitative estimate of drug-likeness (QED) is 0.705. The first-order valence-electron chi connectivity index (χ1n) is 3.82. The van der Waals surface area contributed by atoms with Crippen LogP contribution in [0, 0.1) is 0 Å². The molecule has 0 radical (unpaired) electrons. The molecule has 1 aromatic carbocycles. The molecule has 0 spiro atoms. The summed E-state index contributed by atoms with van der Waals surface area (Å²) in [6, 6.07) is 7.14. The van der Waals surface area contributed by atoms with Gasteiger partial charge in [-0.3, -0.25) is 0 Å². The van der Waals surface area contributed by atoms with Crippen molar-refractivity contribution < 1.29 is 0 Å². The third-order valence-corrected chi connectivity index (χ3v) is 2.04. The largest absolute Gasteiger partial charge is 0.399 e. The second-order valence-electron chi connectivity index (χ2n) is 2.66. The van der Waals surface area contributed by atoms with Gasteiger partial charge in [-0.05, 0) is 24.3 Å². The minimum absolute atomic E-state index is 0.637. The zero-order valence-corrected chi connectivity index (χ0v) is 7.57. The lowest BCUT2D eigenvalue weighted by molar-refractivity contribution is 0.881. The van der Waals surface area contributed by atoms with Crippen molar-refractivity contribution in [2.75, 3.05) is 5.73 Å². The molecule has 0 aliphatic carbocycles. The Balaban J connectivity index is 2.57. The first-order chi connectivity index (χ1) is 6.27. The van der Waals surface area contributed by atoms with E-state index in [4.69, 9.17) is 17.3 Å². The number of hydrogen-bond donors (Lipinski definition) is 1. The smallest absolute Gasteiger partial charge is 0.0852 e. The van der Waals surface area contributed by atoms with E-state index in [0.29, 0.717) is 10.7 Å². The molecule has 13 heavy (non-hydrogen) atoms. The highest BCUT2D eigenvalue weighted by Gasteiger charge is 2.02. The maximum Gasteiger partial charge on any atom is 0.0852 e. The van der Waals surface area contributed by atoms with Gasteiger partial charge in [0.2, 0.25) is 0 Å². The fourth-order valence-electron chi connectivity index (χ4n) is 1.12. The van der Waals surface area contributed by atoms with Crippen molar-refractivity contribution in [3.63, 3.8) is 0 Å². The molecule has 0 aliphatic rings. The second-order valence-corrected chi connectivity index (χ2v) is 3.07. The molecule has 0 saturated carbocycles. The number of rotatable bonds is 1. The molecule has 0 fully saturated rings. The topological polar surface area (TPSA) is 43.8 Å². The molecule has 4 heteroatoms. The van der Waals surface area contributed by atoms with Gasteiger partial charge in [0, 0.05) is 18.1 Å². The van der Waals surface area contributed by atoms with Crippen molar-refractivity contribution in [2.24, 2.45) is 0 Å². The molecule has 1 aromatic heterocycles. The number of nitrogen functional groups attached to an aromatic ring is 1. The number of nitrogens with two attached hydrogens (primary N) is 1. The van der Waals surface area contributed by atoms with Gasteiger partial charge in [-0.15, -0.1) is 0 Å². The summed E-state index contributed by atoms with van der Waals surface area (Å²) in [7, 11) is 0. The van der Waals surface area contributed by atoms with Gasteiger partial charge in [-0.2, -0.15) is 5.10 Å². The molecule has 0 unspecified atom stereocenters. The number of hydrogen-bond acceptors (Lipinski definition) is 2. The highest BCUT2D eigenvalue weighted by Crippen LogP contribution is 2.21. The van der Waals surface area contributed by atoms with E-state index in [1.54, 1.807) is 29.1 Å². The van der Waals surface area contributed by atoms with E-state index in [1.165, 1.54) is 0 Å². The first kappa shape index (κ1) is 8.13. The van der Waals surface area contributed by atoms with Crippen LogP contribution in [0.3, 0.4) is 0 Å². The zero-order valence-electron chi connectivity index (χ0n) is 6.81. The van der Waals surface area contributed by atoms with Crippen LogP contribution in [0.4, 0.5) is 5.69 Å². The molecule has 0 amide bonds. The van der Waals surface area contributed by atoms with Crippen molar-refractivity contribution in [1.29, 1.82) is 0 Å². The molecule has 0 aliphatic heterocycles. The van der Waals surface area contributed by atoms with E-state index in [0.717, 1.165) is 5.69 Å². The van der Waals surface area contributed by atoms with Gasteiger partial charge in [0.25, 0.3) is 0 Å². The molecule has 0 bridgehead atoms. The van der Waals surface area contributed by atoms with Crippen LogP contribution in [0.2, 0.25) is 5.02 Å². The van der Waals surface area contributed by atoms with E-state index in [9.17, 15) is 0 Å². The van der Waals surface area contributed by atoms with Crippen LogP contribution in [0.25, 0.3) is 5.69 Å². The Bertz CT molecular complexity index is 409. The molecule has 0 atom stereocenters. The Labute approximate surface area is 80.7 Å². The standard InChI is InChI=1S/C9H8ClN3/c10-8-3-2-7(11)6-9(8)13-5-1-4-12-13/h1-6H,11H2. The minimum Gasteiger partial charge on any atom is -0.399 e. The molecule has 1 heterocycles. The number of halogens is 1. The number of nitrogens with zero attached hydrogens (tertiary/aromatic N) is 2. The summed E-state index contributed by atoms with van der Waals surface area (Å²) in [5.41, 5.74) is 7.11. The van der Waals surface area contributed by atoms with Crippen molar-refractivity contribution in [2.45, 2.75) is 0 Å². The SMILES string of the molecule is Nc1ccc(Cl)c(-n2cccn2)c1. The van der Waals surface area contributed by atoms with Gasteiger partial charge in [-0.1, -0.05) is 11.6 Å². The lowest BCUT2D eigenvalue weighted by atomic mass is 10.3. The number of benzene rings is 1. The van der Waals surface area contributed by atoms with E-state index >= 15 is 0 Å². The predicted octanol–water partition coefficient (Wildman–Crippen LogP) is 2.11. The molecule has 2 N–H and O–H groups in total. The summed E-state index contributed by atoms with van der Waals surface area (Å²) < 4.78 is 1.68. The summed E-state index contributed by atoms with van der Waals surface area (Å²) >= 11 is 5.97. The van der Waals surface area contributed by atoms with E-state index < -0.39 is 0 Å². The lowest BCUT2D eigenvalue weighted by Gasteiger charge is -2.04. The maximum absolute atomic E-state index is 5.97. The predicted molar refractivity (Wildman–Crippen MR) is 53.0 cm³/mol. The third-order valence-electron chi connectivity index (χ3n) is 1.72. The summed E-state index contributed by atoms with van der Waals surface area (Å²) in [6.07, 6.45) is 3.51. The van der Waals surface area contributed by atoms with Gasteiger partial charge in [-0.25, -0.2) is 4.68 Å². The number of anilines is 1. The Morgan fingerprint density at radius 2 is 2.23 bits per heavy atom. The van der Waals surface area contributed by atoms with Crippen LogP contribution < -0.4 is 5.73 Å². The molecule has 2 aromatic rings. The monoisotopic (exact) mass is 193 g/mol. The third kappa shape index (κ3) is 1.51. The average Bonchev–Trinajstić information content (AvgIpc) is 2.61. The summed E-state index contributed by atoms with van der Waals surface area (Å²) in [5.74, 6) is 0. The van der Waals surface area contributed by atoms with Gasteiger partial charge in [0.1, 0.15) is 0 Å². The van der Waals surface area contributed by atoms with E-state index in [1.807, 2.05) is 12.3 Å².